The molecule has 4 heteroatoms. The van der Waals surface area contributed by atoms with Crippen LogP contribution in [0.4, 0.5) is 0 Å². The second-order valence-corrected chi connectivity index (χ2v) is 4.97. The van der Waals surface area contributed by atoms with E-state index in [4.69, 9.17) is 4.74 Å². The zero-order valence-corrected chi connectivity index (χ0v) is 9.92. The van der Waals surface area contributed by atoms with Crippen LogP contribution in [-0.2, 0) is 9.53 Å². The van der Waals surface area contributed by atoms with Gasteiger partial charge in [-0.2, -0.15) is 0 Å². The first-order valence-electron chi connectivity index (χ1n) is 6.25. The molecule has 1 unspecified atom stereocenters. The van der Waals surface area contributed by atoms with E-state index in [1.54, 1.807) is 0 Å². The van der Waals surface area contributed by atoms with Gasteiger partial charge in [0.05, 0.1) is 17.6 Å². The van der Waals surface area contributed by atoms with Gasteiger partial charge in [-0.25, -0.2) is 0 Å². The SMILES string of the molecule is CCOC(=O)C1(C2(O)CCCNC2)CCC1. The third kappa shape index (κ3) is 1.64. The molecule has 0 aromatic carbocycles. The predicted molar refractivity (Wildman–Crippen MR) is 60.0 cm³/mol. The van der Waals surface area contributed by atoms with Gasteiger partial charge in [0, 0.05) is 6.54 Å². The minimum atomic E-state index is -0.893. The molecule has 2 aliphatic rings. The largest absolute Gasteiger partial charge is 0.465 e. The molecule has 0 amide bonds. The molecule has 16 heavy (non-hydrogen) atoms. The van der Waals surface area contributed by atoms with Crippen LogP contribution in [0.15, 0.2) is 0 Å². The molecule has 1 aliphatic heterocycles. The molecule has 1 saturated carbocycles. The third-order valence-electron chi connectivity index (χ3n) is 4.13. The molecule has 1 atom stereocenters. The zero-order valence-electron chi connectivity index (χ0n) is 9.92. The molecule has 1 saturated heterocycles. The number of β-amino-alcohol motifs (C(OH)–C–C–N with tert-alkyl or cyclic N) is 1. The van der Waals surface area contributed by atoms with E-state index in [0.29, 0.717) is 19.6 Å². The first-order chi connectivity index (χ1) is 7.65. The average Bonchev–Trinajstić information content (AvgIpc) is 2.16. The summed E-state index contributed by atoms with van der Waals surface area (Å²) < 4.78 is 5.14. The molecule has 1 aliphatic carbocycles. The van der Waals surface area contributed by atoms with E-state index in [-0.39, 0.29) is 5.97 Å². The Bertz CT molecular complexity index is 267. The Labute approximate surface area is 96.4 Å². The van der Waals surface area contributed by atoms with Gasteiger partial charge >= 0.3 is 5.97 Å². The normalized spacial score (nSPS) is 32.9. The summed E-state index contributed by atoms with van der Waals surface area (Å²) in [6, 6.07) is 0. The van der Waals surface area contributed by atoms with E-state index in [0.717, 1.165) is 32.2 Å². The molecule has 0 aromatic heterocycles. The number of aliphatic hydroxyl groups is 1. The molecule has 0 bridgehead atoms. The van der Waals surface area contributed by atoms with Crippen molar-refractivity contribution in [3.63, 3.8) is 0 Å². The van der Waals surface area contributed by atoms with Crippen molar-refractivity contribution in [2.75, 3.05) is 19.7 Å². The number of rotatable bonds is 3. The van der Waals surface area contributed by atoms with Crippen LogP contribution in [0.2, 0.25) is 0 Å². The summed E-state index contributed by atoms with van der Waals surface area (Å²) in [5.74, 6) is -0.201. The highest BCUT2D eigenvalue weighted by molar-refractivity contribution is 5.79. The minimum absolute atomic E-state index is 0.201. The molecule has 2 fully saturated rings. The summed E-state index contributed by atoms with van der Waals surface area (Å²) in [6.07, 6.45) is 4.19. The van der Waals surface area contributed by atoms with Crippen LogP contribution in [0.1, 0.15) is 39.0 Å². The lowest BCUT2D eigenvalue weighted by molar-refractivity contribution is -0.193. The second kappa shape index (κ2) is 4.34. The van der Waals surface area contributed by atoms with Gasteiger partial charge < -0.3 is 15.2 Å². The number of hydrogen-bond donors (Lipinski definition) is 2. The number of carbonyl (C=O) groups excluding carboxylic acids is 1. The molecule has 0 spiro atoms. The van der Waals surface area contributed by atoms with E-state index in [9.17, 15) is 9.90 Å². The van der Waals surface area contributed by atoms with Crippen molar-refractivity contribution < 1.29 is 14.6 Å². The van der Waals surface area contributed by atoms with Crippen molar-refractivity contribution in [3.05, 3.63) is 0 Å². The fourth-order valence-electron chi connectivity index (χ4n) is 2.96. The van der Waals surface area contributed by atoms with Crippen LogP contribution < -0.4 is 5.32 Å². The van der Waals surface area contributed by atoms with Crippen molar-refractivity contribution in [1.29, 1.82) is 0 Å². The topological polar surface area (TPSA) is 58.6 Å². The highest BCUT2D eigenvalue weighted by atomic mass is 16.5. The molecule has 2 rings (SSSR count). The van der Waals surface area contributed by atoms with Crippen molar-refractivity contribution in [2.45, 2.75) is 44.6 Å². The quantitative estimate of drug-likeness (QED) is 0.701. The summed E-state index contributed by atoms with van der Waals surface area (Å²) in [4.78, 5) is 12.0. The molecule has 92 valence electrons. The fraction of sp³-hybridized carbons (Fsp3) is 0.917. The summed E-state index contributed by atoms with van der Waals surface area (Å²) in [7, 11) is 0. The smallest absolute Gasteiger partial charge is 0.315 e. The average molecular weight is 227 g/mol. The monoisotopic (exact) mass is 227 g/mol. The summed E-state index contributed by atoms with van der Waals surface area (Å²) in [6.45, 7) is 3.66. The maximum atomic E-state index is 12.0. The van der Waals surface area contributed by atoms with Crippen LogP contribution in [-0.4, -0.2) is 36.4 Å². The summed E-state index contributed by atoms with van der Waals surface area (Å²) in [5.41, 5.74) is -1.52. The highest BCUT2D eigenvalue weighted by Crippen LogP contribution is 2.52. The highest BCUT2D eigenvalue weighted by Gasteiger charge is 2.60. The zero-order chi connectivity index (χ0) is 11.6. The van der Waals surface area contributed by atoms with Crippen LogP contribution in [0.5, 0.6) is 0 Å². The van der Waals surface area contributed by atoms with Crippen molar-refractivity contribution in [2.24, 2.45) is 5.41 Å². The first kappa shape index (κ1) is 11.9. The van der Waals surface area contributed by atoms with E-state index in [1.165, 1.54) is 0 Å². The fourth-order valence-corrected chi connectivity index (χ4v) is 2.96. The Morgan fingerprint density at radius 1 is 1.38 bits per heavy atom. The maximum Gasteiger partial charge on any atom is 0.315 e. The number of piperidine rings is 1. The number of ether oxygens (including phenoxy) is 1. The Morgan fingerprint density at radius 2 is 2.12 bits per heavy atom. The molecule has 2 N–H and O–H groups in total. The van der Waals surface area contributed by atoms with Gasteiger partial charge in [0.1, 0.15) is 0 Å². The first-order valence-corrected chi connectivity index (χ1v) is 6.25. The third-order valence-corrected chi connectivity index (χ3v) is 4.13. The lowest BCUT2D eigenvalue weighted by Gasteiger charge is -2.52. The molecule has 0 aromatic rings. The molecule has 4 nitrogen and oxygen atoms in total. The lowest BCUT2D eigenvalue weighted by atomic mass is 9.56. The van der Waals surface area contributed by atoms with Crippen LogP contribution in [0, 0.1) is 5.41 Å². The van der Waals surface area contributed by atoms with E-state index in [2.05, 4.69) is 5.32 Å². The molecule has 1 heterocycles. The molecule has 0 radical (unpaired) electrons. The van der Waals surface area contributed by atoms with Crippen LogP contribution >= 0.6 is 0 Å². The lowest BCUT2D eigenvalue weighted by Crippen LogP contribution is -2.63. The van der Waals surface area contributed by atoms with Gasteiger partial charge in [-0.05, 0) is 39.2 Å². The second-order valence-electron chi connectivity index (χ2n) is 4.97. The van der Waals surface area contributed by atoms with Gasteiger partial charge in [-0.15, -0.1) is 0 Å². The summed E-state index contributed by atoms with van der Waals surface area (Å²) in [5, 5.41) is 13.9. The molecular formula is C12H21NO3. The number of esters is 1. The van der Waals surface area contributed by atoms with Crippen LogP contribution in [0.3, 0.4) is 0 Å². The molecular weight excluding hydrogens is 206 g/mol. The summed E-state index contributed by atoms with van der Waals surface area (Å²) >= 11 is 0. The number of hydrogen-bond acceptors (Lipinski definition) is 4. The van der Waals surface area contributed by atoms with Crippen molar-refractivity contribution >= 4 is 5.97 Å². The Balaban J connectivity index is 2.16. The van der Waals surface area contributed by atoms with Crippen molar-refractivity contribution in [3.8, 4) is 0 Å². The van der Waals surface area contributed by atoms with Crippen LogP contribution in [0.25, 0.3) is 0 Å². The van der Waals surface area contributed by atoms with Gasteiger partial charge in [-0.3, -0.25) is 4.79 Å². The predicted octanol–water partition coefficient (Wildman–Crippen LogP) is 0.834. The van der Waals surface area contributed by atoms with Gasteiger partial charge in [0.15, 0.2) is 0 Å². The maximum absolute atomic E-state index is 12.0. The number of carbonyl (C=O) groups is 1. The number of nitrogens with one attached hydrogen (secondary N) is 1. The van der Waals surface area contributed by atoms with E-state index in [1.807, 2.05) is 6.92 Å². The van der Waals surface area contributed by atoms with Crippen molar-refractivity contribution in [1.82, 2.24) is 5.32 Å². The minimum Gasteiger partial charge on any atom is -0.465 e. The van der Waals surface area contributed by atoms with Gasteiger partial charge in [0.25, 0.3) is 0 Å². The standard InChI is InChI=1S/C12H21NO3/c1-2-16-10(14)11(5-3-6-11)12(15)7-4-8-13-9-12/h13,15H,2-9H2,1H3. The van der Waals surface area contributed by atoms with E-state index < -0.39 is 11.0 Å². The van der Waals surface area contributed by atoms with Gasteiger partial charge in [-0.1, -0.05) is 6.42 Å². The van der Waals surface area contributed by atoms with E-state index >= 15 is 0 Å². The Morgan fingerprint density at radius 3 is 2.56 bits per heavy atom. The Kier molecular flexibility index (Phi) is 3.22. The van der Waals surface area contributed by atoms with Gasteiger partial charge in [0.2, 0.25) is 0 Å². The Hall–Kier alpha value is -0.610.